The van der Waals surface area contributed by atoms with E-state index < -0.39 is 11.5 Å². The SMILES string of the molecule is CC.CC.COCCCN(CCCc1ccc(-c2cnc(N)c(C(=O)Nc3cccnc3)n2)cc1)C(=O)OC(C)(C)C. The lowest BCUT2D eigenvalue weighted by Gasteiger charge is -2.27. The maximum absolute atomic E-state index is 12.7. The molecule has 0 atom stereocenters. The summed E-state index contributed by atoms with van der Waals surface area (Å²) in [6.45, 7) is 15.3. The number of nitrogens with two attached hydrogens (primary N) is 1. The van der Waals surface area contributed by atoms with Gasteiger partial charge in [0.05, 0.1) is 23.8 Å². The molecule has 3 rings (SSSR count). The molecule has 3 aromatic rings. The minimum Gasteiger partial charge on any atom is -0.444 e. The van der Waals surface area contributed by atoms with E-state index in [1.54, 1.807) is 36.5 Å². The molecular weight excluding hydrogens is 532 g/mol. The van der Waals surface area contributed by atoms with Crippen LogP contribution in [0.15, 0.2) is 55.0 Å². The van der Waals surface area contributed by atoms with E-state index in [1.807, 2.05) is 72.7 Å². The van der Waals surface area contributed by atoms with Crippen molar-refractivity contribution >= 4 is 23.5 Å². The fourth-order valence-corrected chi connectivity index (χ4v) is 3.67. The number of methoxy groups -OCH3 is 1. The number of pyridine rings is 1. The van der Waals surface area contributed by atoms with E-state index >= 15 is 0 Å². The van der Waals surface area contributed by atoms with Crippen LogP contribution in [0.5, 0.6) is 0 Å². The zero-order valence-electron chi connectivity index (χ0n) is 26.4. The number of rotatable bonds is 11. The monoisotopic (exact) mass is 580 g/mol. The Hall–Kier alpha value is -4.05. The highest BCUT2D eigenvalue weighted by Gasteiger charge is 2.21. The summed E-state index contributed by atoms with van der Waals surface area (Å²) >= 11 is 0. The van der Waals surface area contributed by atoms with Crippen LogP contribution in [0.2, 0.25) is 0 Å². The molecule has 1 aromatic carbocycles. The summed E-state index contributed by atoms with van der Waals surface area (Å²) in [7, 11) is 1.65. The first kappa shape index (κ1) is 36.0. The Morgan fingerprint density at radius 3 is 2.24 bits per heavy atom. The number of anilines is 2. The zero-order chi connectivity index (χ0) is 31.5. The Bertz CT molecular complexity index is 1200. The first-order valence-corrected chi connectivity index (χ1v) is 14.6. The third-order valence-corrected chi connectivity index (χ3v) is 5.51. The van der Waals surface area contributed by atoms with Crippen LogP contribution < -0.4 is 11.1 Å². The van der Waals surface area contributed by atoms with Gasteiger partial charge in [-0.1, -0.05) is 52.0 Å². The lowest BCUT2D eigenvalue weighted by Crippen LogP contribution is -2.38. The molecule has 0 aliphatic rings. The van der Waals surface area contributed by atoms with Crippen molar-refractivity contribution in [2.24, 2.45) is 0 Å². The minimum atomic E-state index is -0.545. The van der Waals surface area contributed by atoms with Crippen molar-refractivity contribution in [2.75, 3.05) is 37.9 Å². The number of nitrogens with one attached hydrogen (secondary N) is 1. The summed E-state index contributed by atoms with van der Waals surface area (Å²) in [4.78, 5) is 39.6. The van der Waals surface area contributed by atoms with E-state index in [1.165, 1.54) is 6.20 Å². The molecule has 2 aromatic heterocycles. The van der Waals surface area contributed by atoms with Crippen LogP contribution in [0.25, 0.3) is 11.3 Å². The number of amides is 2. The Labute approximate surface area is 251 Å². The fourth-order valence-electron chi connectivity index (χ4n) is 3.67. The average molecular weight is 581 g/mol. The number of ether oxygens (including phenoxy) is 2. The number of aryl methyl sites for hydroxylation is 1. The number of aromatic nitrogens is 3. The van der Waals surface area contributed by atoms with Crippen molar-refractivity contribution in [1.29, 1.82) is 0 Å². The third kappa shape index (κ3) is 12.6. The van der Waals surface area contributed by atoms with Gasteiger partial charge in [0.25, 0.3) is 5.91 Å². The number of hydrogen-bond donors (Lipinski definition) is 2. The van der Waals surface area contributed by atoms with E-state index in [2.05, 4.69) is 20.3 Å². The number of nitrogen functional groups attached to an aromatic ring is 1. The summed E-state index contributed by atoms with van der Waals surface area (Å²) in [6, 6.07) is 11.3. The van der Waals surface area contributed by atoms with E-state index in [-0.39, 0.29) is 17.6 Å². The molecule has 0 bridgehead atoms. The highest BCUT2D eigenvalue weighted by atomic mass is 16.6. The van der Waals surface area contributed by atoms with Crippen LogP contribution in [0, 0.1) is 0 Å². The highest BCUT2D eigenvalue weighted by molar-refractivity contribution is 6.05. The second-order valence-electron chi connectivity index (χ2n) is 9.80. The molecule has 10 nitrogen and oxygen atoms in total. The molecule has 0 unspecified atom stereocenters. The largest absolute Gasteiger partial charge is 0.444 e. The Morgan fingerprint density at radius 2 is 1.64 bits per heavy atom. The van der Waals surface area contributed by atoms with Crippen molar-refractivity contribution in [3.63, 3.8) is 0 Å². The quantitative estimate of drug-likeness (QED) is 0.241. The summed E-state index contributed by atoms with van der Waals surface area (Å²) in [5, 5.41) is 2.73. The minimum absolute atomic E-state index is 0.0473. The van der Waals surface area contributed by atoms with Gasteiger partial charge in [0.2, 0.25) is 0 Å². The molecule has 3 N–H and O–H groups in total. The molecule has 0 radical (unpaired) electrons. The summed E-state index contributed by atoms with van der Waals surface area (Å²) in [5.41, 5.74) is 8.43. The van der Waals surface area contributed by atoms with Crippen LogP contribution >= 0.6 is 0 Å². The molecule has 10 heteroatoms. The van der Waals surface area contributed by atoms with E-state index in [0.717, 1.165) is 30.4 Å². The van der Waals surface area contributed by atoms with Gasteiger partial charge in [-0.25, -0.2) is 14.8 Å². The van der Waals surface area contributed by atoms with Gasteiger partial charge in [0.15, 0.2) is 11.5 Å². The van der Waals surface area contributed by atoms with Gasteiger partial charge in [-0.2, -0.15) is 0 Å². The van der Waals surface area contributed by atoms with Gasteiger partial charge in [-0.3, -0.25) is 9.78 Å². The van der Waals surface area contributed by atoms with Crippen molar-refractivity contribution in [3.05, 3.63) is 66.2 Å². The fraction of sp³-hybridized carbons (Fsp3) is 0.469. The average Bonchev–Trinajstić information content (AvgIpc) is 2.99. The molecule has 0 saturated carbocycles. The smallest absolute Gasteiger partial charge is 0.410 e. The first-order valence-electron chi connectivity index (χ1n) is 14.6. The highest BCUT2D eigenvalue weighted by Crippen LogP contribution is 2.21. The Kier molecular flexibility index (Phi) is 16.4. The maximum atomic E-state index is 12.7. The van der Waals surface area contributed by atoms with Gasteiger partial charge < -0.3 is 25.4 Å². The van der Waals surface area contributed by atoms with Crippen LogP contribution in [0.3, 0.4) is 0 Å². The van der Waals surface area contributed by atoms with Crippen molar-refractivity contribution < 1.29 is 19.1 Å². The predicted molar refractivity (Wildman–Crippen MR) is 169 cm³/mol. The molecule has 0 spiro atoms. The lowest BCUT2D eigenvalue weighted by molar-refractivity contribution is 0.0233. The Balaban J connectivity index is 0.00000211. The van der Waals surface area contributed by atoms with Crippen molar-refractivity contribution in [2.45, 2.75) is 73.3 Å². The summed E-state index contributed by atoms with van der Waals surface area (Å²) in [6.07, 6.45) is 6.71. The number of carbonyl (C=O) groups excluding carboxylic acids is 2. The van der Waals surface area contributed by atoms with Gasteiger partial charge in [-0.05, 0) is 57.7 Å². The van der Waals surface area contributed by atoms with Crippen LogP contribution in [-0.2, 0) is 15.9 Å². The van der Waals surface area contributed by atoms with Gasteiger partial charge >= 0.3 is 6.09 Å². The van der Waals surface area contributed by atoms with Crippen molar-refractivity contribution in [1.82, 2.24) is 19.9 Å². The van der Waals surface area contributed by atoms with E-state index in [0.29, 0.717) is 31.1 Å². The van der Waals surface area contributed by atoms with E-state index in [9.17, 15) is 9.59 Å². The van der Waals surface area contributed by atoms with Gasteiger partial charge in [0.1, 0.15) is 5.60 Å². The molecule has 2 amide bonds. The standard InChI is InChI=1S/C28H36N6O4.2C2H6/c1-28(2,3)38-27(36)34(16-7-17-37-4)15-6-8-20-10-12-21(13-11-20)23-19-31-25(29)24(33-23)26(35)32-22-9-5-14-30-18-22;2*1-2/h5,9-14,18-19H,6-8,15-17H2,1-4H3,(H2,29,31)(H,32,35);2*1-2H3. The number of carbonyl (C=O) groups is 2. The van der Waals surface area contributed by atoms with E-state index in [4.69, 9.17) is 15.2 Å². The molecule has 0 fully saturated rings. The van der Waals surface area contributed by atoms with Gasteiger partial charge in [-0.15, -0.1) is 0 Å². The summed E-state index contributed by atoms with van der Waals surface area (Å²) in [5.74, 6) is -0.409. The third-order valence-electron chi connectivity index (χ3n) is 5.51. The van der Waals surface area contributed by atoms with Crippen LogP contribution in [0.4, 0.5) is 16.3 Å². The lowest BCUT2D eigenvalue weighted by atomic mass is 10.1. The number of benzene rings is 1. The number of hydrogen-bond acceptors (Lipinski definition) is 8. The predicted octanol–water partition coefficient (Wildman–Crippen LogP) is 6.63. The topological polar surface area (TPSA) is 133 Å². The molecule has 0 aliphatic heterocycles. The van der Waals surface area contributed by atoms with Gasteiger partial charge in [0, 0.05) is 38.6 Å². The maximum Gasteiger partial charge on any atom is 0.410 e. The zero-order valence-corrected chi connectivity index (χ0v) is 26.4. The van der Waals surface area contributed by atoms with Crippen LogP contribution in [0.1, 0.15) is 77.4 Å². The first-order chi connectivity index (χ1) is 20.2. The second-order valence-corrected chi connectivity index (χ2v) is 9.80. The molecule has 0 saturated heterocycles. The normalized spacial score (nSPS) is 10.4. The molecule has 0 aliphatic carbocycles. The van der Waals surface area contributed by atoms with Crippen LogP contribution in [-0.4, -0.2) is 64.3 Å². The second kappa shape index (κ2) is 19.1. The number of nitrogens with zero attached hydrogens (tertiary/aromatic N) is 4. The molecule has 42 heavy (non-hydrogen) atoms. The van der Waals surface area contributed by atoms with Crippen molar-refractivity contribution in [3.8, 4) is 11.3 Å². The molecule has 2 heterocycles. The summed E-state index contributed by atoms with van der Waals surface area (Å²) < 4.78 is 10.7. The Morgan fingerprint density at radius 1 is 0.976 bits per heavy atom. The molecule has 230 valence electrons. The molecular formula is C32H48N6O4.